The first kappa shape index (κ1) is 13.2. The maximum Gasteiger partial charge on any atom is 0.0754 e. The summed E-state index contributed by atoms with van der Waals surface area (Å²) < 4.78 is 4.90. The van der Waals surface area contributed by atoms with Crippen LogP contribution in [0.2, 0.25) is 0 Å². The van der Waals surface area contributed by atoms with Crippen LogP contribution in [0.15, 0.2) is 0 Å². The first-order chi connectivity index (χ1) is 6.16. The van der Waals surface area contributed by atoms with Crippen LogP contribution in [-0.2, 0) is 4.74 Å². The van der Waals surface area contributed by atoms with Crippen LogP contribution in [0.25, 0.3) is 0 Å². The van der Waals surface area contributed by atoms with Gasteiger partial charge in [-0.25, -0.2) is 0 Å². The first-order valence-electron chi connectivity index (χ1n) is 4.65. The van der Waals surface area contributed by atoms with Crippen LogP contribution < -0.4 is 5.32 Å². The fraction of sp³-hybridized carbons (Fsp3) is 1.00. The summed E-state index contributed by atoms with van der Waals surface area (Å²) >= 11 is 1.72. The highest BCUT2D eigenvalue weighted by atomic mass is 32.2. The Labute approximate surface area is 85.2 Å². The van der Waals surface area contributed by atoms with Crippen molar-refractivity contribution < 1.29 is 9.84 Å². The van der Waals surface area contributed by atoms with Crippen molar-refractivity contribution in [3.8, 4) is 0 Å². The number of hydrogen-bond acceptors (Lipinski definition) is 4. The van der Waals surface area contributed by atoms with Crippen LogP contribution in [0.4, 0.5) is 0 Å². The minimum Gasteiger partial charge on any atom is -0.391 e. The largest absolute Gasteiger partial charge is 0.391 e. The van der Waals surface area contributed by atoms with E-state index in [0.717, 1.165) is 18.1 Å². The van der Waals surface area contributed by atoms with Crippen molar-refractivity contribution in [3.05, 3.63) is 0 Å². The number of hydrogen-bond donors (Lipinski definition) is 2. The quantitative estimate of drug-likeness (QED) is 0.576. The average Bonchev–Trinajstić information content (AvgIpc) is 2.09. The molecule has 0 heterocycles. The van der Waals surface area contributed by atoms with Crippen molar-refractivity contribution in [1.82, 2.24) is 5.32 Å². The van der Waals surface area contributed by atoms with E-state index in [1.165, 1.54) is 0 Å². The molecule has 0 fully saturated rings. The Morgan fingerprint density at radius 1 is 1.46 bits per heavy atom. The molecule has 0 amide bonds. The number of aliphatic hydroxyl groups excluding tert-OH is 1. The van der Waals surface area contributed by atoms with Crippen molar-refractivity contribution >= 4 is 11.8 Å². The standard InChI is InChI=1S/C9H21NO2S/c1-8(2)10-6-9(11)7-13-5-4-12-3/h8-11H,4-7H2,1-3H3. The van der Waals surface area contributed by atoms with Crippen molar-refractivity contribution in [2.45, 2.75) is 26.0 Å². The zero-order chi connectivity index (χ0) is 10.1. The molecule has 4 heteroatoms. The molecule has 0 aromatic rings. The molecular weight excluding hydrogens is 186 g/mol. The third-order valence-electron chi connectivity index (χ3n) is 1.50. The number of ether oxygens (including phenoxy) is 1. The summed E-state index contributed by atoms with van der Waals surface area (Å²) in [4.78, 5) is 0. The van der Waals surface area contributed by atoms with Gasteiger partial charge in [0.15, 0.2) is 0 Å². The lowest BCUT2D eigenvalue weighted by molar-refractivity contribution is 0.192. The van der Waals surface area contributed by atoms with Gasteiger partial charge in [0.1, 0.15) is 0 Å². The van der Waals surface area contributed by atoms with Crippen LogP contribution in [0.1, 0.15) is 13.8 Å². The van der Waals surface area contributed by atoms with Gasteiger partial charge >= 0.3 is 0 Å². The molecule has 1 atom stereocenters. The second-order valence-corrected chi connectivity index (χ2v) is 4.43. The fourth-order valence-electron chi connectivity index (χ4n) is 0.792. The van der Waals surface area contributed by atoms with Gasteiger partial charge in [-0.05, 0) is 0 Å². The Hall–Kier alpha value is 0.230. The molecule has 0 radical (unpaired) electrons. The minimum atomic E-state index is -0.246. The number of thioether (sulfide) groups is 1. The lowest BCUT2D eigenvalue weighted by atomic mass is 10.3. The predicted octanol–water partition coefficient (Wildman–Crippen LogP) is 0.725. The highest BCUT2D eigenvalue weighted by Crippen LogP contribution is 2.02. The zero-order valence-corrected chi connectivity index (χ0v) is 9.56. The van der Waals surface area contributed by atoms with Gasteiger partial charge in [0.2, 0.25) is 0 Å². The van der Waals surface area contributed by atoms with Crippen LogP contribution in [-0.4, -0.2) is 49.0 Å². The van der Waals surface area contributed by atoms with E-state index in [-0.39, 0.29) is 6.10 Å². The number of nitrogens with one attached hydrogen (secondary N) is 1. The molecule has 0 aliphatic rings. The lowest BCUT2D eigenvalue weighted by Crippen LogP contribution is -2.33. The molecule has 0 bridgehead atoms. The normalized spacial score (nSPS) is 13.6. The second kappa shape index (κ2) is 8.81. The molecule has 80 valence electrons. The average molecular weight is 207 g/mol. The van der Waals surface area contributed by atoms with Gasteiger partial charge < -0.3 is 15.2 Å². The Balaban J connectivity index is 3.15. The first-order valence-corrected chi connectivity index (χ1v) is 5.80. The highest BCUT2D eigenvalue weighted by Gasteiger charge is 2.03. The van der Waals surface area contributed by atoms with Gasteiger partial charge in [-0.2, -0.15) is 11.8 Å². The molecule has 0 saturated heterocycles. The molecule has 0 rings (SSSR count). The molecule has 0 aliphatic carbocycles. The third-order valence-corrected chi connectivity index (χ3v) is 2.58. The van der Waals surface area contributed by atoms with Gasteiger partial charge in [-0.15, -0.1) is 0 Å². The Morgan fingerprint density at radius 2 is 2.15 bits per heavy atom. The highest BCUT2D eigenvalue weighted by molar-refractivity contribution is 7.99. The number of methoxy groups -OCH3 is 1. The van der Waals surface area contributed by atoms with E-state index in [1.807, 2.05) is 0 Å². The summed E-state index contributed by atoms with van der Waals surface area (Å²) in [5, 5.41) is 12.7. The molecular formula is C9H21NO2S. The van der Waals surface area contributed by atoms with E-state index in [9.17, 15) is 5.11 Å². The molecule has 1 unspecified atom stereocenters. The van der Waals surface area contributed by atoms with Crippen molar-refractivity contribution in [2.24, 2.45) is 0 Å². The van der Waals surface area contributed by atoms with Gasteiger partial charge in [0.25, 0.3) is 0 Å². The maximum absolute atomic E-state index is 9.47. The summed E-state index contributed by atoms with van der Waals surface area (Å²) in [5.74, 6) is 1.73. The monoisotopic (exact) mass is 207 g/mol. The maximum atomic E-state index is 9.47. The van der Waals surface area contributed by atoms with Crippen LogP contribution in [0.5, 0.6) is 0 Å². The molecule has 13 heavy (non-hydrogen) atoms. The van der Waals surface area contributed by atoms with Crippen LogP contribution in [0, 0.1) is 0 Å². The second-order valence-electron chi connectivity index (χ2n) is 3.28. The van der Waals surface area contributed by atoms with Gasteiger partial charge in [0.05, 0.1) is 12.7 Å². The minimum absolute atomic E-state index is 0.246. The molecule has 0 aliphatic heterocycles. The number of aliphatic hydroxyl groups is 1. The van der Waals surface area contributed by atoms with E-state index >= 15 is 0 Å². The van der Waals surface area contributed by atoms with Crippen molar-refractivity contribution in [2.75, 3.05) is 31.8 Å². The van der Waals surface area contributed by atoms with Crippen molar-refractivity contribution in [1.29, 1.82) is 0 Å². The van der Waals surface area contributed by atoms with E-state index in [2.05, 4.69) is 19.2 Å². The van der Waals surface area contributed by atoms with E-state index < -0.39 is 0 Å². The summed E-state index contributed by atoms with van der Waals surface area (Å²) in [5.41, 5.74) is 0. The Bertz CT molecular complexity index is 112. The van der Waals surface area contributed by atoms with E-state index in [1.54, 1.807) is 18.9 Å². The smallest absolute Gasteiger partial charge is 0.0754 e. The van der Waals surface area contributed by atoms with E-state index in [4.69, 9.17) is 4.74 Å². The Morgan fingerprint density at radius 3 is 2.69 bits per heavy atom. The fourth-order valence-corrected chi connectivity index (χ4v) is 1.63. The molecule has 0 aromatic carbocycles. The zero-order valence-electron chi connectivity index (χ0n) is 8.75. The molecule has 0 aromatic heterocycles. The van der Waals surface area contributed by atoms with Gasteiger partial charge in [-0.1, -0.05) is 13.8 Å². The Kier molecular flexibility index (Phi) is 8.97. The van der Waals surface area contributed by atoms with Gasteiger partial charge in [-0.3, -0.25) is 0 Å². The van der Waals surface area contributed by atoms with Gasteiger partial charge in [0, 0.05) is 31.2 Å². The molecule has 3 nitrogen and oxygen atoms in total. The summed E-state index contributed by atoms with van der Waals surface area (Å²) in [6.07, 6.45) is -0.246. The number of rotatable bonds is 8. The van der Waals surface area contributed by atoms with Crippen molar-refractivity contribution in [3.63, 3.8) is 0 Å². The SMILES string of the molecule is COCCSCC(O)CNC(C)C. The molecule has 0 saturated carbocycles. The summed E-state index contributed by atoms with van der Waals surface area (Å²) in [7, 11) is 1.69. The van der Waals surface area contributed by atoms with Crippen LogP contribution in [0.3, 0.4) is 0 Å². The topological polar surface area (TPSA) is 41.5 Å². The molecule has 0 spiro atoms. The van der Waals surface area contributed by atoms with Crippen LogP contribution >= 0.6 is 11.8 Å². The lowest BCUT2D eigenvalue weighted by Gasteiger charge is -2.13. The summed E-state index contributed by atoms with van der Waals surface area (Å²) in [6.45, 7) is 5.59. The third kappa shape index (κ3) is 10.1. The summed E-state index contributed by atoms with van der Waals surface area (Å²) in [6, 6.07) is 0.443. The van der Waals surface area contributed by atoms with E-state index in [0.29, 0.717) is 12.6 Å². The molecule has 2 N–H and O–H groups in total. The predicted molar refractivity (Wildman–Crippen MR) is 58.3 cm³/mol.